The average molecular weight is 305 g/mol. The molecule has 17 heavy (non-hydrogen) atoms. The van der Waals surface area contributed by atoms with E-state index in [-0.39, 0.29) is 6.61 Å². The van der Waals surface area contributed by atoms with Crippen molar-refractivity contribution in [3.8, 4) is 5.75 Å². The maximum atomic E-state index is 8.51. The molecule has 0 fully saturated rings. The van der Waals surface area contributed by atoms with E-state index in [1.165, 1.54) is 0 Å². The van der Waals surface area contributed by atoms with E-state index >= 15 is 0 Å². The van der Waals surface area contributed by atoms with Gasteiger partial charge in [-0.2, -0.15) is 0 Å². The summed E-state index contributed by atoms with van der Waals surface area (Å²) in [5.74, 6) is 0.810. The fourth-order valence-corrected chi connectivity index (χ4v) is 1.74. The predicted octanol–water partition coefficient (Wildman–Crippen LogP) is 1.98. The number of rotatable bonds is 8. The van der Waals surface area contributed by atoms with Gasteiger partial charge in [0.2, 0.25) is 0 Å². The van der Waals surface area contributed by atoms with Crippen LogP contribution in [0.2, 0.25) is 0 Å². The lowest BCUT2D eigenvalue weighted by atomic mass is 10.2. The van der Waals surface area contributed by atoms with Crippen molar-refractivity contribution in [1.29, 1.82) is 0 Å². The molecule has 0 aliphatic rings. The third-order valence-corrected chi connectivity index (χ3v) is 2.60. The average Bonchev–Trinajstić information content (AvgIpc) is 2.34. The molecular formula is C12H17BrO4. The van der Waals surface area contributed by atoms with Crippen molar-refractivity contribution < 1.29 is 19.3 Å². The first-order valence-electron chi connectivity index (χ1n) is 5.36. The third kappa shape index (κ3) is 5.50. The third-order valence-electron chi connectivity index (χ3n) is 2.11. The van der Waals surface area contributed by atoms with E-state index in [1.54, 1.807) is 7.11 Å². The van der Waals surface area contributed by atoms with E-state index in [9.17, 15) is 0 Å². The summed E-state index contributed by atoms with van der Waals surface area (Å²) in [7, 11) is 1.64. The molecule has 0 unspecified atom stereocenters. The van der Waals surface area contributed by atoms with Crippen LogP contribution in [0.3, 0.4) is 0 Å². The fourth-order valence-electron chi connectivity index (χ4n) is 1.33. The van der Waals surface area contributed by atoms with Gasteiger partial charge in [0.1, 0.15) is 5.75 Å². The molecule has 0 aromatic heterocycles. The monoisotopic (exact) mass is 304 g/mol. The molecule has 1 aromatic rings. The molecule has 0 bridgehead atoms. The molecule has 4 nitrogen and oxygen atoms in total. The smallest absolute Gasteiger partial charge is 0.124 e. The van der Waals surface area contributed by atoms with Gasteiger partial charge < -0.3 is 19.3 Å². The first kappa shape index (κ1) is 14.4. The molecule has 0 aliphatic heterocycles. The van der Waals surface area contributed by atoms with E-state index in [2.05, 4.69) is 15.9 Å². The lowest BCUT2D eigenvalue weighted by molar-refractivity contribution is 0.0269. The van der Waals surface area contributed by atoms with E-state index in [0.29, 0.717) is 26.4 Å². The van der Waals surface area contributed by atoms with Crippen LogP contribution in [-0.4, -0.2) is 38.6 Å². The summed E-state index contributed by atoms with van der Waals surface area (Å²) in [4.78, 5) is 0. The maximum Gasteiger partial charge on any atom is 0.124 e. The maximum absolute atomic E-state index is 8.51. The summed E-state index contributed by atoms with van der Waals surface area (Å²) >= 11 is 3.41. The van der Waals surface area contributed by atoms with Gasteiger partial charge in [0.05, 0.1) is 40.1 Å². The summed E-state index contributed by atoms with van der Waals surface area (Å²) < 4.78 is 16.8. The number of ether oxygens (including phenoxy) is 3. The highest BCUT2D eigenvalue weighted by molar-refractivity contribution is 9.10. The van der Waals surface area contributed by atoms with Crippen molar-refractivity contribution in [2.24, 2.45) is 0 Å². The van der Waals surface area contributed by atoms with Crippen LogP contribution < -0.4 is 4.74 Å². The number of benzene rings is 1. The van der Waals surface area contributed by atoms with Crippen LogP contribution in [0.15, 0.2) is 22.7 Å². The Bertz CT molecular complexity index is 330. The van der Waals surface area contributed by atoms with Crippen LogP contribution in [0.25, 0.3) is 0 Å². The zero-order valence-corrected chi connectivity index (χ0v) is 11.4. The second-order valence-electron chi connectivity index (χ2n) is 3.34. The molecule has 0 saturated carbocycles. The van der Waals surface area contributed by atoms with Crippen molar-refractivity contribution in [3.05, 3.63) is 28.2 Å². The van der Waals surface area contributed by atoms with Crippen LogP contribution in [0, 0.1) is 0 Å². The fraction of sp³-hybridized carbons (Fsp3) is 0.500. The van der Waals surface area contributed by atoms with Crippen LogP contribution >= 0.6 is 15.9 Å². The van der Waals surface area contributed by atoms with Gasteiger partial charge in [-0.15, -0.1) is 0 Å². The van der Waals surface area contributed by atoms with Crippen LogP contribution in [0.4, 0.5) is 0 Å². The number of hydrogen-bond acceptors (Lipinski definition) is 4. The van der Waals surface area contributed by atoms with E-state index in [1.807, 2.05) is 18.2 Å². The highest BCUT2D eigenvalue weighted by Gasteiger charge is 2.03. The number of aliphatic hydroxyl groups is 1. The SMILES string of the molecule is COc1ccc(Br)cc1COCCOCCO. The molecule has 1 aromatic carbocycles. The highest BCUT2D eigenvalue weighted by atomic mass is 79.9. The summed E-state index contributed by atoms with van der Waals surface area (Å²) in [5.41, 5.74) is 0.990. The molecule has 0 radical (unpaired) electrons. The van der Waals surface area contributed by atoms with Gasteiger partial charge in [-0.3, -0.25) is 0 Å². The first-order chi connectivity index (χ1) is 8.27. The Labute approximate surface area is 110 Å². The van der Waals surface area contributed by atoms with Gasteiger partial charge in [0.25, 0.3) is 0 Å². The van der Waals surface area contributed by atoms with Gasteiger partial charge in [-0.05, 0) is 18.2 Å². The first-order valence-corrected chi connectivity index (χ1v) is 6.16. The van der Waals surface area contributed by atoms with Crippen LogP contribution in [0.1, 0.15) is 5.56 Å². The number of halogens is 1. The molecular weight excluding hydrogens is 288 g/mol. The molecule has 0 aliphatic carbocycles. The molecule has 1 N–H and O–H groups in total. The minimum Gasteiger partial charge on any atom is -0.496 e. The topological polar surface area (TPSA) is 47.9 Å². The number of methoxy groups -OCH3 is 1. The predicted molar refractivity (Wildman–Crippen MR) is 68.3 cm³/mol. The molecule has 0 saturated heterocycles. The largest absolute Gasteiger partial charge is 0.496 e. The minimum atomic E-state index is 0.0411. The van der Waals surface area contributed by atoms with Crippen molar-refractivity contribution in [3.63, 3.8) is 0 Å². The standard InChI is InChI=1S/C12H17BrO4/c1-15-12-3-2-11(13)8-10(12)9-17-7-6-16-5-4-14/h2-3,8,14H,4-7,9H2,1H3. The van der Waals surface area contributed by atoms with Crippen LogP contribution in [0.5, 0.6) is 5.75 Å². The van der Waals surface area contributed by atoms with E-state index < -0.39 is 0 Å². The Balaban J connectivity index is 2.32. The summed E-state index contributed by atoms with van der Waals surface area (Å²) in [6, 6.07) is 5.78. The number of aliphatic hydroxyl groups excluding tert-OH is 1. The number of hydrogen-bond donors (Lipinski definition) is 1. The van der Waals surface area contributed by atoms with E-state index in [4.69, 9.17) is 19.3 Å². The zero-order valence-electron chi connectivity index (χ0n) is 9.82. The Morgan fingerprint density at radius 2 is 1.94 bits per heavy atom. The molecule has 0 amide bonds. The van der Waals surface area contributed by atoms with Crippen LogP contribution in [-0.2, 0) is 16.1 Å². The molecule has 96 valence electrons. The lowest BCUT2D eigenvalue weighted by Gasteiger charge is -2.09. The second kappa shape index (κ2) is 8.47. The molecule has 1 rings (SSSR count). The van der Waals surface area contributed by atoms with Gasteiger partial charge in [0.15, 0.2) is 0 Å². The molecule has 0 heterocycles. The minimum absolute atomic E-state index is 0.0411. The Morgan fingerprint density at radius 3 is 2.65 bits per heavy atom. The van der Waals surface area contributed by atoms with Crippen molar-refractivity contribution in [2.45, 2.75) is 6.61 Å². The van der Waals surface area contributed by atoms with E-state index in [0.717, 1.165) is 15.8 Å². The Hall–Kier alpha value is -0.620. The molecule has 5 heteroatoms. The van der Waals surface area contributed by atoms with Gasteiger partial charge >= 0.3 is 0 Å². The van der Waals surface area contributed by atoms with Gasteiger partial charge in [-0.25, -0.2) is 0 Å². The van der Waals surface area contributed by atoms with Gasteiger partial charge in [0, 0.05) is 10.0 Å². The molecule has 0 spiro atoms. The second-order valence-corrected chi connectivity index (χ2v) is 4.26. The summed E-state index contributed by atoms with van der Waals surface area (Å²) in [6.45, 7) is 1.85. The summed E-state index contributed by atoms with van der Waals surface area (Å²) in [6.07, 6.45) is 0. The lowest BCUT2D eigenvalue weighted by Crippen LogP contribution is -2.07. The highest BCUT2D eigenvalue weighted by Crippen LogP contribution is 2.23. The quantitative estimate of drug-likeness (QED) is 0.746. The normalized spacial score (nSPS) is 10.5. The van der Waals surface area contributed by atoms with Crippen molar-refractivity contribution in [1.82, 2.24) is 0 Å². The zero-order chi connectivity index (χ0) is 12.5. The van der Waals surface area contributed by atoms with Gasteiger partial charge in [-0.1, -0.05) is 15.9 Å². The van der Waals surface area contributed by atoms with Crippen molar-refractivity contribution in [2.75, 3.05) is 33.5 Å². The summed E-state index contributed by atoms with van der Waals surface area (Å²) in [5, 5.41) is 8.51. The Morgan fingerprint density at radius 1 is 1.18 bits per heavy atom. The molecule has 0 atom stereocenters. The Kier molecular flexibility index (Phi) is 7.19. The van der Waals surface area contributed by atoms with Crippen molar-refractivity contribution >= 4 is 15.9 Å².